The molecular formula is C21H26N4O6. The highest BCUT2D eigenvalue weighted by molar-refractivity contribution is 6.22. The lowest BCUT2D eigenvalue weighted by atomic mass is 9.79. The minimum absolute atomic E-state index is 0.0379. The second-order valence-corrected chi connectivity index (χ2v) is 8.34. The number of carbonyl (C=O) groups is 3. The van der Waals surface area contributed by atoms with Crippen LogP contribution in [0.15, 0.2) is 18.2 Å². The van der Waals surface area contributed by atoms with E-state index in [1.54, 1.807) is 0 Å². The average molecular weight is 430 g/mol. The number of hydrogen-bond acceptors (Lipinski definition) is 7. The van der Waals surface area contributed by atoms with Gasteiger partial charge in [0.2, 0.25) is 5.91 Å². The van der Waals surface area contributed by atoms with E-state index in [9.17, 15) is 24.5 Å². The standard InChI is InChI=1S/C21H26N4O6/c26-18(22-14-21(6-2-1-3-7-21)23-8-10-31-11-9-23)13-24-19(27)16-5-4-15(25(29)30)12-17(16)20(24)28/h4-5,12H,1-3,6-11,13-14H2,(H,22,26). The number of nitrogens with zero attached hydrogens (tertiary/aromatic N) is 3. The molecule has 10 heteroatoms. The highest BCUT2D eigenvalue weighted by Gasteiger charge is 2.40. The van der Waals surface area contributed by atoms with Crippen LogP contribution >= 0.6 is 0 Å². The van der Waals surface area contributed by atoms with Gasteiger partial charge in [-0.15, -0.1) is 0 Å². The van der Waals surface area contributed by atoms with Crippen molar-refractivity contribution in [2.24, 2.45) is 0 Å². The predicted octanol–water partition coefficient (Wildman–Crippen LogP) is 1.34. The molecular weight excluding hydrogens is 404 g/mol. The lowest BCUT2D eigenvalue weighted by Crippen LogP contribution is -2.60. The summed E-state index contributed by atoms with van der Waals surface area (Å²) in [6.45, 7) is 3.06. The summed E-state index contributed by atoms with van der Waals surface area (Å²) in [4.78, 5) is 51.5. The molecule has 4 rings (SSSR count). The summed E-state index contributed by atoms with van der Waals surface area (Å²) >= 11 is 0. The molecule has 2 fully saturated rings. The van der Waals surface area contributed by atoms with Crippen LogP contribution in [0, 0.1) is 10.1 Å². The molecule has 0 radical (unpaired) electrons. The molecule has 3 amide bonds. The third-order valence-electron chi connectivity index (χ3n) is 6.55. The fourth-order valence-corrected chi connectivity index (χ4v) is 4.85. The maximum atomic E-state index is 12.7. The number of ether oxygens (including phenoxy) is 1. The molecule has 1 aromatic carbocycles. The van der Waals surface area contributed by atoms with Crippen molar-refractivity contribution in [1.29, 1.82) is 0 Å². The van der Waals surface area contributed by atoms with Crippen molar-refractivity contribution in [1.82, 2.24) is 15.1 Å². The Bertz CT molecular complexity index is 905. The number of fused-ring (bicyclic) bond motifs is 1. The maximum absolute atomic E-state index is 12.7. The molecule has 1 aromatic rings. The number of nitro groups is 1. The summed E-state index contributed by atoms with van der Waals surface area (Å²) in [5.74, 6) is -1.70. The summed E-state index contributed by atoms with van der Waals surface area (Å²) in [6.07, 6.45) is 5.37. The van der Waals surface area contributed by atoms with Crippen molar-refractivity contribution in [2.75, 3.05) is 39.4 Å². The smallest absolute Gasteiger partial charge is 0.270 e. The van der Waals surface area contributed by atoms with Crippen LogP contribution < -0.4 is 5.32 Å². The molecule has 31 heavy (non-hydrogen) atoms. The quantitative estimate of drug-likeness (QED) is 0.410. The number of imide groups is 1. The van der Waals surface area contributed by atoms with Crippen molar-refractivity contribution >= 4 is 23.4 Å². The Morgan fingerprint density at radius 1 is 1.10 bits per heavy atom. The zero-order valence-electron chi connectivity index (χ0n) is 17.3. The first-order valence-corrected chi connectivity index (χ1v) is 10.7. The second kappa shape index (κ2) is 8.72. The predicted molar refractivity (Wildman–Crippen MR) is 110 cm³/mol. The first-order valence-electron chi connectivity index (χ1n) is 10.7. The van der Waals surface area contributed by atoms with Gasteiger partial charge in [-0.05, 0) is 18.9 Å². The fraction of sp³-hybridized carbons (Fsp3) is 0.571. The molecule has 2 heterocycles. The van der Waals surface area contributed by atoms with E-state index in [0.717, 1.165) is 49.7 Å². The molecule has 3 aliphatic rings. The Hall–Kier alpha value is -2.85. The van der Waals surface area contributed by atoms with Crippen LogP contribution in [0.1, 0.15) is 52.8 Å². The van der Waals surface area contributed by atoms with Gasteiger partial charge in [-0.1, -0.05) is 19.3 Å². The molecule has 10 nitrogen and oxygen atoms in total. The van der Waals surface area contributed by atoms with E-state index in [-0.39, 0.29) is 22.4 Å². The van der Waals surface area contributed by atoms with Crippen LogP contribution in [0.2, 0.25) is 0 Å². The number of benzene rings is 1. The topological polar surface area (TPSA) is 122 Å². The summed E-state index contributed by atoms with van der Waals surface area (Å²) < 4.78 is 5.47. The number of nitrogens with one attached hydrogen (secondary N) is 1. The van der Waals surface area contributed by atoms with Gasteiger partial charge in [0, 0.05) is 37.3 Å². The Balaban J connectivity index is 1.41. The Morgan fingerprint density at radius 3 is 2.45 bits per heavy atom. The van der Waals surface area contributed by atoms with Gasteiger partial charge in [0.25, 0.3) is 17.5 Å². The van der Waals surface area contributed by atoms with Crippen LogP contribution in [-0.4, -0.2) is 77.4 Å². The summed E-state index contributed by atoms with van der Waals surface area (Å²) in [5, 5.41) is 13.9. The highest BCUT2D eigenvalue weighted by Crippen LogP contribution is 2.34. The van der Waals surface area contributed by atoms with Gasteiger partial charge in [-0.3, -0.25) is 34.3 Å². The molecule has 1 aliphatic carbocycles. The fourth-order valence-electron chi connectivity index (χ4n) is 4.85. The van der Waals surface area contributed by atoms with Crippen LogP contribution in [0.25, 0.3) is 0 Å². The van der Waals surface area contributed by atoms with Gasteiger partial charge < -0.3 is 10.1 Å². The number of nitro benzene ring substituents is 1. The van der Waals surface area contributed by atoms with Gasteiger partial charge in [0.15, 0.2) is 0 Å². The minimum Gasteiger partial charge on any atom is -0.379 e. The van der Waals surface area contributed by atoms with Crippen molar-refractivity contribution < 1.29 is 24.0 Å². The van der Waals surface area contributed by atoms with E-state index < -0.39 is 29.2 Å². The van der Waals surface area contributed by atoms with E-state index in [1.165, 1.54) is 18.6 Å². The third-order valence-corrected chi connectivity index (χ3v) is 6.55. The molecule has 0 aromatic heterocycles. The SMILES string of the molecule is O=C(CN1C(=O)c2ccc([N+](=O)[O-])cc2C1=O)NCC1(N2CCOCC2)CCCCC1. The van der Waals surface area contributed by atoms with E-state index in [0.29, 0.717) is 19.8 Å². The first kappa shape index (κ1) is 21.4. The molecule has 166 valence electrons. The molecule has 2 aliphatic heterocycles. The molecule has 1 saturated carbocycles. The van der Waals surface area contributed by atoms with Gasteiger partial charge in [-0.2, -0.15) is 0 Å². The van der Waals surface area contributed by atoms with Gasteiger partial charge in [-0.25, -0.2) is 0 Å². The maximum Gasteiger partial charge on any atom is 0.270 e. The Labute approximate surface area is 179 Å². The van der Waals surface area contributed by atoms with Gasteiger partial charge in [0.1, 0.15) is 6.54 Å². The lowest BCUT2D eigenvalue weighted by Gasteiger charge is -2.48. The zero-order valence-corrected chi connectivity index (χ0v) is 17.3. The molecule has 0 atom stereocenters. The van der Waals surface area contributed by atoms with E-state index >= 15 is 0 Å². The number of hydrogen-bond donors (Lipinski definition) is 1. The average Bonchev–Trinajstić information content (AvgIpc) is 3.03. The highest BCUT2D eigenvalue weighted by atomic mass is 16.6. The minimum atomic E-state index is -0.681. The lowest BCUT2D eigenvalue weighted by molar-refractivity contribution is -0.384. The van der Waals surface area contributed by atoms with Crippen molar-refractivity contribution in [2.45, 2.75) is 37.6 Å². The summed E-state index contributed by atoms with van der Waals surface area (Å²) in [6, 6.07) is 3.53. The van der Waals surface area contributed by atoms with Crippen LogP contribution in [0.3, 0.4) is 0 Å². The number of rotatable bonds is 6. The molecule has 1 saturated heterocycles. The molecule has 0 spiro atoms. The summed E-state index contributed by atoms with van der Waals surface area (Å²) in [7, 11) is 0. The molecule has 0 bridgehead atoms. The van der Waals surface area contributed by atoms with E-state index in [4.69, 9.17) is 4.74 Å². The monoisotopic (exact) mass is 430 g/mol. The van der Waals surface area contributed by atoms with Crippen LogP contribution in [-0.2, 0) is 9.53 Å². The third kappa shape index (κ3) is 4.17. The van der Waals surface area contributed by atoms with Gasteiger partial charge in [0.05, 0.1) is 29.3 Å². The zero-order chi connectivity index (χ0) is 22.0. The second-order valence-electron chi connectivity index (χ2n) is 8.34. The summed E-state index contributed by atoms with van der Waals surface area (Å²) in [5.41, 5.74) is -0.346. The van der Waals surface area contributed by atoms with Gasteiger partial charge >= 0.3 is 0 Å². The molecule has 0 unspecified atom stereocenters. The Kier molecular flexibility index (Phi) is 6.01. The Morgan fingerprint density at radius 2 is 1.77 bits per heavy atom. The van der Waals surface area contributed by atoms with Crippen LogP contribution in [0.4, 0.5) is 5.69 Å². The van der Waals surface area contributed by atoms with E-state index in [1.807, 2.05) is 0 Å². The number of non-ortho nitro benzene ring substituents is 1. The number of morpholine rings is 1. The van der Waals surface area contributed by atoms with Crippen molar-refractivity contribution in [3.05, 3.63) is 39.4 Å². The van der Waals surface area contributed by atoms with Crippen LogP contribution in [0.5, 0.6) is 0 Å². The number of carbonyl (C=O) groups excluding carboxylic acids is 3. The largest absolute Gasteiger partial charge is 0.379 e. The molecule has 1 N–H and O–H groups in total. The van der Waals surface area contributed by atoms with Crippen molar-refractivity contribution in [3.63, 3.8) is 0 Å². The van der Waals surface area contributed by atoms with E-state index in [2.05, 4.69) is 10.2 Å². The van der Waals surface area contributed by atoms with Crippen molar-refractivity contribution in [3.8, 4) is 0 Å². The normalized spacial score (nSPS) is 21.1. The first-order chi connectivity index (χ1) is 14.9. The number of amides is 3.